The Morgan fingerprint density at radius 1 is 0.895 bits per heavy atom. The first kappa shape index (κ1) is 27.9. The number of piperazine rings is 1. The van der Waals surface area contributed by atoms with Gasteiger partial charge >= 0.3 is 0 Å². The van der Waals surface area contributed by atoms with Crippen LogP contribution in [0.15, 0.2) is 83.8 Å². The van der Waals surface area contributed by atoms with E-state index in [0.29, 0.717) is 19.5 Å². The minimum Gasteiger partial charge on any atom is -0.390 e. The van der Waals surface area contributed by atoms with E-state index in [1.807, 2.05) is 37.3 Å². The van der Waals surface area contributed by atoms with Crippen LogP contribution < -0.4 is 4.72 Å². The summed E-state index contributed by atoms with van der Waals surface area (Å²) in [4.78, 5) is 15.1. The van der Waals surface area contributed by atoms with Crippen LogP contribution in [-0.2, 0) is 23.0 Å². The van der Waals surface area contributed by atoms with Crippen molar-refractivity contribution in [2.45, 2.75) is 36.9 Å². The summed E-state index contributed by atoms with van der Waals surface area (Å²) < 4.78 is 29.0. The Balaban J connectivity index is 1.37. The van der Waals surface area contributed by atoms with E-state index >= 15 is 0 Å². The van der Waals surface area contributed by atoms with Crippen LogP contribution in [0.25, 0.3) is 0 Å². The molecule has 2 atom stereocenters. The highest BCUT2D eigenvalue weighted by molar-refractivity contribution is 7.89. The Kier molecular flexibility index (Phi) is 9.24. The minimum atomic E-state index is -3.81. The van der Waals surface area contributed by atoms with Crippen molar-refractivity contribution in [3.05, 3.63) is 106 Å². The van der Waals surface area contributed by atoms with E-state index in [1.54, 1.807) is 36.4 Å². The normalized spacial score (nSPS) is 16.7. The third-order valence-corrected chi connectivity index (χ3v) is 8.37. The Morgan fingerprint density at radius 3 is 2.11 bits per heavy atom. The van der Waals surface area contributed by atoms with Crippen LogP contribution in [0.4, 0.5) is 5.69 Å². The van der Waals surface area contributed by atoms with Gasteiger partial charge in [-0.2, -0.15) is 0 Å². The molecular weight excluding hydrogens is 504 g/mol. The van der Waals surface area contributed by atoms with Crippen molar-refractivity contribution in [2.24, 2.45) is 0 Å². The molecule has 4 rings (SSSR count). The molecule has 1 fully saturated rings. The minimum absolute atomic E-state index is 0.0793. The Labute approximate surface area is 223 Å². The summed E-state index contributed by atoms with van der Waals surface area (Å²) >= 11 is 0. The fourth-order valence-electron chi connectivity index (χ4n) is 4.61. The number of nitro groups is 1. The molecule has 0 spiro atoms. The van der Waals surface area contributed by atoms with Gasteiger partial charge in [-0.05, 0) is 36.6 Å². The quantitative estimate of drug-likeness (QED) is 0.285. The predicted octanol–water partition coefficient (Wildman–Crippen LogP) is 2.97. The van der Waals surface area contributed by atoms with Gasteiger partial charge in [-0.3, -0.25) is 19.9 Å². The van der Waals surface area contributed by atoms with Gasteiger partial charge in [0.2, 0.25) is 10.0 Å². The van der Waals surface area contributed by atoms with Crippen molar-refractivity contribution in [1.82, 2.24) is 14.5 Å². The number of nitrogens with one attached hydrogen (secondary N) is 1. The highest BCUT2D eigenvalue weighted by atomic mass is 32.2. The summed E-state index contributed by atoms with van der Waals surface area (Å²) in [5.74, 6) is 0. The average molecular weight is 539 g/mol. The van der Waals surface area contributed by atoms with Gasteiger partial charge in [0.1, 0.15) is 0 Å². The number of aliphatic hydroxyl groups excluding tert-OH is 1. The zero-order valence-corrected chi connectivity index (χ0v) is 22.3. The van der Waals surface area contributed by atoms with E-state index < -0.39 is 27.1 Å². The molecule has 1 aliphatic rings. The zero-order valence-electron chi connectivity index (χ0n) is 21.4. The van der Waals surface area contributed by atoms with Crippen molar-refractivity contribution in [3.8, 4) is 0 Å². The smallest absolute Gasteiger partial charge is 0.269 e. The molecule has 0 saturated carbocycles. The lowest BCUT2D eigenvalue weighted by atomic mass is 10.0. The van der Waals surface area contributed by atoms with Gasteiger partial charge in [0.25, 0.3) is 5.69 Å². The molecule has 202 valence electrons. The number of β-amino-alcohol motifs (C(OH)–C–C–N with tert-alkyl or cyclic N) is 1. The zero-order chi connectivity index (χ0) is 27.1. The summed E-state index contributed by atoms with van der Waals surface area (Å²) in [6.07, 6.45) is -0.538. The number of non-ortho nitro benzene ring substituents is 1. The lowest BCUT2D eigenvalue weighted by Gasteiger charge is -2.37. The second kappa shape index (κ2) is 12.6. The van der Waals surface area contributed by atoms with Gasteiger partial charge in [0.15, 0.2) is 0 Å². The van der Waals surface area contributed by atoms with Crippen LogP contribution >= 0.6 is 0 Å². The lowest BCUT2D eigenvalue weighted by Crippen LogP contribution is -2.53. The first-order valence-corrected chi connectivity index (χ1v) is 14.2. The summed E-state index contributed by atoms with van der Waals surface area (Å²) in [6, 6.07) is 22.1. The fourth-order valence-corrected chi connectivity index (χ4v) is 5.88. The first-order valence-electron chi connectivity index (χ1n) is 12.7. The molecule has 0 unspecified atom stereocenters. The number of nitrogens with zero attached hydrogens (tertiary/aromatic N) is 3. The molecular formula is C28H34N4O5S. The number of sulfonamides is 1. The van der Waals surface area contributed by atoms with E-state index in [-0.39, 0.29) is 10.6 Å². The topological polar surface area (TPSA) is 116 Å². The second-order valence-corrected chi connectivity index (χ2v) is 11.5. The number of benzene rings is 3. The molecule has 2 N–H and O–H groups in total. The standard InChI is InChI=1S/C28H34N4O5S/c1-22-7-13-26(14-8-22)38(36,37)29-27(19-23-5-3-2-4-6-23)28(33)21-31-17-15-30(16-18-31)20-24-9-11-25(12-10-24)32(34)35/h2-14,27-29,33H,15-21H2,1H3/t27-,28+/m0/s1. The van der Waals surface area contributed by atoms with Crippen LogP contribution in [0.3, 0.4) is 0 Å². The summed E-state index contributed by atoms with van der Waals surface area (Å²) in [5, 5.41) is 22.1. The summed E-state index contributed by atoms with van der Waals surface area (Å²) in [5.41, 5.74) is 3.00. The van der Waals surface area contributed by atoms with Gasteiger partial charge in [-0.15, -0.1) is 0 Å². The largest absolute Gasteiger partial charge is 0.390 e. The van der Waals surface area contributed by atoms with Gasteiger partial charge in [-0.1, -0.05) is 60.2 Å². The number of nitro benzene ring substituents is 1. The number of hydrogen-bond acceptors (Lipinski definition) is 7. The third-order valence-electron chi connectivity index (χ3n) is 6.86. The maximum absolute atomic E-state index is 13.1. The first-order chi connectivity index (χ1) is 18.2. The van der Waals surface area contributed by atoms with Crippen molar-refractivity contribution >= 4 is 15.7 Å². The fraction of sp³-hybridized carbons (Fsp3) is 0.357. The molecule has 10 heteroatoms. The van der Waals surface area contributed by atoms with Crippen LogP contribution in [0.1, 0.15) is 16.7 Å². The average Bonchev–Trinajstić information content (AvgIpc) is 2.90. The van der Waals surface area contributed by atoms with Crippen molar-refractivity contribution < 1.29 is 18.4 Å². The van der Waals surface area contributed by atoms with E-state index in [9.17, 15) is 23.6 Å². The summed E-state index contributed by atoms with van der Waals surface area (Å²) in [7, 11) is -3.81. The monoisotopic (exact) mass is 538 g/mol. The van der Waals surface area contributed by atoms with Gasteiger partial charge in [0.05, 0.1) is 22.0 Å². The van der Waals surface area contributed by atoms with Crippen LogP contribution in [0.2, 0.25) is 0 Å². The molecule has 0 amide bonds. The van der Waals surface area contributed by atoms with Gasteiger partial charge in [0, 0.05) is 51.4 Å². The van der Waals surface area contributed by atoms with Gasteiger partial charge < -0.3 is 5.11 Å². The molecule has 38 heavy (non-hydrogen) atoms. The number of rotatable bonds is 11. The number of hydrogen-bond donors (Lipinski definition) is 2. The molecule has 0 aromatic heterocycles. The maximum atomic E-state index is 13.1. The second-order valence-electron chi connectivity index (χ2n) is 9.80. The maximum Gasteiger partial charge on any atom is 0.269 e. The molecule has 0 aliphatic carbocycles. The van der Waals surface area contributed by atoms with Crippen molar-refractivity contribution in [1.29, 1.82) is 0 Å². The lowest BCUT2D eigenvalue weighted by molar-refractivity contribution is -0.384. The van der Waals surface area contributed by atoms with E-state index in [4.69, 9.17) is 0 Å². The van der Waals surface area contributed by atoms with Crippen molar-refractivity contribution in [2.75, 3.05) is 32.7 Å². The van der Waals surface area contributed by atoms with Crippen molar-refractivity contribution in [3.63, 3.8) is 0 Å². The Hall–Kier alpha value is -3.15. The molecule has 0 bridgehead atoms. The third kappa shape index (κ3) is 7.68. The molecule has 3 aromatic carbocycles. The molecule has 9 nitrogen and oxygen atoms in total. The highest BCUT2D eigenvalue weighted by Gasteiger charge is 2.29. The van der Waals surface area contributed by atoms with E-state index in [0.717, 1.165) is 42.9 Å². The SMILES string of the molecule is Cc1ccc(S(=O)(=O)N[C@@H](Cc2ccccc2)[C@H](O)CN2CCN(Cc3ccc([N+](=O)[O-])cc3)CC2)cc1. The Morgan fingerprint density at radius 2 is 1.50 bits per heavy atom. The predicted molar refractivity (Wildman–Crippen MR) is 146 cm³/mol. The molecule has 3 aromatic rings. The van der Waals surface area contributed by atoms with Crippen LogP contribution in [0, 0.1) is 17.0 Å². The van der Waals surface area contributed by atoms with Gasteiger partial charge in [-0.25, -0.2) is 13.1 Å². The molecule has 0 radical (unpaired) electrons. The summed E-state index contributed by atoms with van der Waals surface area (Å²) in [6.45, 7) is 5.96. The van der Waals surface area contributed by atoms with Crippen LogP contribution in [0.5, 0.6) is 0 Å². The molecule has 1 saturated heterocycles. The number of aryl methyl sites for hydroxylation is 1. The highest BCUT2D eigenvalue weighted by Crippen LogP contribution is 2.17. The molecule has 1 aliphatic heterocycles. The van der Waals surface area contributed by atoms with E-state index in [1.165, 1.54) is 12.1 Å². The van der Waals surface area contributed by atoms with E-state index in [2.05, 4.69) is 14.5 Å². The van der Waals surface area contributed by atoms with Crippen LogP contribution in [-0.4, -0.2) is 73.1 Å². The number of aliphatic hydroxyl groups is 1. The Bertz CT molecular complexity index is 1290. The molecule has 1 heterocycles.